The van der Waals surface area contributed by atoms with Gasteiger partial charge in [-0.25, -0.2) is 8.42 Å². The minimum absolute atomic E-state index is 0.0955. The molecule has 2 aromatic heterocycles. The molecule has 0 unspecified atom stereocenters. The summed E-state index contributed by atoms with van der Waals surface area (Å²) in [4.78, 5) is 4.31. The van der Waals surface area contributed by atoms with Gasteiger partial charge in [-0.15, -0.1) is 0 Å². The Morgan fingerprint density at radius 1 is 1.07 bits per heavy atom. The van der Waals surface area contributed by atoms with Crippen molar-refractivity contribution in [2.24, 2.45) is 0 Å². The maximum Gasteiger partial charge on any atom is 0.265 e. The summed E-state index contributed by atoms with van der Waals surface area (Å²) in [5.74, 6) is 0.194. The number of benzene rings is 2. The van der Waals surface area contributed by atoms with Crippen molar-refractivity contribution in [3.8, 4) is 0 Å². The molecule has 4 rings (SSSR count). The van der Waals surface area contributed by atoms with Gasteiger partial charge >= 0.3 is 0 Å². The molecular weight excluding hydrogens is 464 g/mol. The maximum atomic E-state index is 12.9. The minimum Gasteiger partial charge on any atom is -0.265 e. The van der Waals surface area contributed by atoms with Gasteiger partial charge in [0.2, 0.25) is 0 Å². The third kappa shape index (κ3) is 3.76. The molecular formula is C19H14BrClN4O2S. The summed E-state index contributed by atoms with van der Waals surface area (Å²) in [6.45, 7) is 0.413. The molecule has 0 aliphatic rings. The van der Waals surface area contributed by atoms with Crippen LogP contribution in [0.5, 0.6) is 0 Å². The molecule has 2 heterocycles. The lowest BCUT2D eigenvalue weighted by Crippen LogP contribution is -2.15. The predicted molar refractivity (Wildman–Crippen MR) is 113 cm³/mol. The van der Waals surface area contributed by atoms with Gasteiger partial charge in [-0.1, -0.05) is 48.0 Å². The Kier molecular flexibility index (Phi) is 5.09. The molecule has 0 radical (unpaired) electrons. The zero-order valence-electron chi connectivity index (χ0n) is 14.4. The number of fused-ring (bicyclic) bond motifs is 1. The number of nitrogens with zero attached hydrogens (tertiary/aromatic N) is 3. The SMILES string of the molecule is O=S(=O)(Nc1nn(Cc2ccccc2Cl)cc1Br)c1cccc2cccnc12. The molecule has 4 aromatic rings. The second-order valence-corrected chi connectivity index (χ2v) is 8.96. The number of hydrogen-bond donors (Lipinski definition) is 1. The molecule has 2 aromatic carbocycles. The Morgan fingerprint density at radius 2 is 1.86 bits per heavy atom. The van der Waals surface area contributed by atoms with E-state index < -0.39 is 10.0 Å². The number of para-hydroxylation sites is 1. The van der Waals surface area contributed by atoms with Crippen LogP contribution in [0.2, 0.25) is 5.02 Å². The molecule has 0 atom stereocenters. The van der Waals surface area contributed by atoms with E-state index in [2.05, 4.69) is 30.7 Å². The topological polar surface area (TPSA) is 76.9 Å². The number of rotatable bonds is 5. The lowest BCUT2D eigenvalue weighted by atomic mass is 10.2. The summed E-state index contributed by atoms with van der Waals surface area (Å²) in [7, 11) is -3.87. The van der Waals surface area contributed by atoms with Crippen LogP contribution in [0, 0.1) is 0 Å². The van der Waals surface area contributed by atoms with E-state index in [4.69, 9.17) is 11.6 Å². The van der Waals surface area contributed by atoms with E-state index in [9.17, 15) is 8.42 Å². The van der Waals surface area contributed by atoms with Crippen molar-refractivity contribution in [3.63, 3.8) is 0 Å². The van der Waals surface area contributed by atoms with Gasteiger partial charge in [-0.2, -0.15) is 5.10 Å². The zero-order valence-corrected chi connectivity index (χ0v) is 17.5. The van der Waals surface area contributed by atoms with Crippen molar-refractivity contribution in [3.05, 3.63) is 82.0 Å². The lowest BCUT2D eigenvalue weighted by Gasteiger charge is -2.08. The van der Waals surface area contributed by atoms with Gasteiger partial charge < -0.3 is 0 Å². The van der Waals surface area contributed by atoms with E-state index in [0.717, 1.165) is 10.9 Å². The van der Waals surface area contributed by atoms with Crippen LogP contribution in [0.4, 0.5) is 5.82 Å². The van der Waals surface area contributed by atoms with Crippen LogP contribution in [0.25, 0.3) is 10.9 Å². The van der Waals surface area contributed by atoms with Crippen LogP contribution >= 0.6 is 27.5 Å². The summed E-state index contributed by atoms with van der Waals surface area (Å²) in [5.41, 5.74) is 1.29. The maximum absolute atomic E-state index is 12.9. The van der Waals surface area contributed by atoms with E-state index in [1.54, 1.807) is 35.3 Å². The second kappa shape index (κ2) is 7.54. The highest BCUT2D eigenvalue weighted by Gasteiger charge is 2.21. The van der Waals surface area contributed by atoms with Crippen LogP contribution < -0.4 is 4.72 Å². The first kappa shape index (κ1) is 18.9. The number of sulfonamides is 1. The average Bonchev–Trinajstić information content (AvgIpc) is 3.01. The van der Waals surface area contributed by atoms with Gasteiger partial charge in [-0.05, 0) is 39.7 Å². The fraction of sp³-hybridized carbons (Fsp3) is 0.0526. The monoisotopic (exact) mass is 476 g/mol. The quantitative estimate of drug-likeness (QED) is 0.452. The van der Waals surface area contributed by atoms with Crippen LogP contribution in [-0.4, -0.2) is 23.2 Å². The Morgan fingerprint density at radius 3 is 2.68 bits per heavy atom. The van der Waals surface area contributed by atoms with Crippen LogP contribution in [-0.2, 0) is 16.6 Å². The highest BCUT2D eigenvalue weighted by atomic mass is 79.9. The summed E-state index contributed by atoms with van der Waals surface area (Å²) in [6, 6.07) is 16.0. The molecule has 0 aliphatic heterocycles. The third-order valence-corrected chi connectivity index (χ3v) is 6.44. The Labute approximate surface area is 175 Å². The third-order valence-electron chi connectivity index (χ3n) is 4.12. The van der Waals surface area contributed by atoms with Crippen molar-refractivity contribution >= 4 is 54.3 Å². The Bertz CT molecular complexity index is 1270. The summed E-state index contributed by atoms with van der Waals surface area (Å²) in [5, 5.41) is 5.70. The largest absolute Gasteiger partial charge is 0.265 e. The first-order valence-electron chi connectivity index (χ1n) is 8.27. The van der Waals surface area contributed by atoms with Gasteiger partial charge in [0.05, 0.1) is 16.5 Å². The van der Waals surface area contributed by atoms with E-state index in [-0.39, 0.29) is 10.7 Å². The number of halogens is 2. The van der Waals surface area contributed by atoms with Gasteiger partial charge in [0.25, 0.3) is 10.0 Å². The fourth-order valence-electron chi connectivity index (χ4n) is 2.82. The molecule has 28 heavy (non-hydrogen) atoms. The Balaban J connectivity index is 1.65. The number of hydrogen-bond acceptors (Lipinski definition) is 4. The summed E-state index contributed by atoms with van der Waals surface area (Å²) < 4.78 is 30.6. The normalized spacial score (nSPS) is 11.6. The van der Waals surface area contributed by atoms with Crippen LogP contribution in [0.1, 0.15) is 5.56 Å². The van der Waals surface area contributed by atoms with E-state index in [0.29, 0.717) is 21.6 Å². The van der Waals surface area contributed by atoms with Crippen molar-refractivity contribution in [1.82, 2.24) is 14.8 Å². The van der Waals surface area contributed by atoms with Gasteiger partial charge in [-0.3, -0.25) is 14.4 Å². The smallest absolute Gasteiger partial charge is 0.265 e. The fourth-order valence-corrected chi connectivity index (χ4v) is 4.76. The van der Waals surface area contributed by atoms with Crippen molar-refractivity contribution in [2.75, 3.05) is 4.72 Å². The first-order valence-corrected chi connectivity index (χ1v) is 10.9. The number of anilines is 1. The number of aromatic nitrogens is 3. The molecule has 1 N–H and O–H groups in total. The standard InChI is InChI=1S/C19H14BrClN4O2S/c20-15-12-25(11-14-5-1-2-8-16(14)21)23-19(15)24-28(26,27)17-9-3-6-13-7-4-10-22-18(13)17/h1-10,12H,11H2,(H,23,24). The van der Waals surface area contributed by atoms with Gasteiger partial charge in [0.15, 0.2) is 5.82 Å². The lowest BCUT2D eigenvalue weighted by molar-refractivity contribution is 0.601. The van der Waals surface area contributed by atoms with E-state index in [1.165, 1.54) is 6.07 Å². The van der Waals surface area contributed by atoms with E-state index >= 15 is 0 Å². The number of nitrogens with one attached hydrogen (secondary N) is 1. The molecule has 0 bridgehead atoms. The Hall–Kier alpha value is -2.42. The highest BCUT2D eigenvalue weighted by Crippen LogP contribution is 2.27. The molecule has 0 saturated heterocycles. The van der Waals surface area contributed by atoms with Crippen molar-refractivity contribution in [2.45, 2.75) is 11.4 Å². The van der Waals surface area contributed by atoms with E-state index in [1.807, 2.05) is 30.3 Å². The first-order chi connectivity index (χ1) is 13.4. The van der Waals surface area contributed by atoms with Gasteiger partial charge in [0, 0.05) is 22.8 Å². The molecule has 142 valence electrons. The molecule has 0 amide bonds. The van der Waals surface area contributed by atoms with Crippen molar-refractivity contribution < 1.29 is 8.42 Å². The summed E-state index contributed by atoms with van der Waals surface area (Å²) in [6.07, 6.45) is 3.26. The van der Waals surface area contributed by atoms with Gasteiger partial charge in [0.1, 0.15) is 4.90 Å². The molecule has 6 nitrogen and oxygen atoms in total. The minimum atomic E-state index is -3.87. The van der Waals surface area contributed by atoms with Crippen molar-refractivity contribution in [1.29, 1.82) is 0 Å². The predicted octanol–water partition coefficient (Wildman–Crippen LogP) is 4.70. The summed E-state index contributed by atoms with van der Waals surface area (Å²) >= 11 is 9.56. The average molecular weight is 478 g/mol. The van der Waals surface area contributed by atoms with Crippen LogP contribution in [0.15, 0.2) is 76.4 Å². The zero-order chi connectivity index (χ0) is 19.7. The molecule has 0 saturated carbocycles. The molecule has 0 spiro atoms. The number of pyridine rings is 1. The molecule has 9 heteroatoms. The molecule has 0 aliphatic carbocycles. The second-order valence-electron chi connectivity index (χ2n) is 6.05. The highest BCUT2D eigenvalue weighted by molar-refractivity contribution is 9.10. The molecule has 0 fully saturated rings. The van der Waals surface area contributed by atoms with Crippen LogP contribution in [0.3, 0.4) is 0 Å².